The van der Waals surface area contributed by atoms with Crippen LogP contribution in [0, 0.1) is 6.92 Å². The molecule has 0 atom stereocenters. The highest BCUT2D eigenvalue weighted by Crippen LogP contribution is 2.08. The number of hydrogen-bond donors (Lipinski definition) is 1. The highest BCUT2D eigenvalue weighted by atomic mass is 15.3. The molecule has 110 valence electrons. The van der Waals surface area contributed by atoms with Crippen LogP contribution in [-0.2, 0) is 19.6 Å². The molecule has 1 N–H and O–H groups in total. The number of nitrogens with zero attached hydrogens (tertiary/aromatic N) is 4. The average Bonchev–Trinajstić information content (AvgIpc) is 2.98. The van der Waals surface area contributed by atoms with Gasteiger partial charge in [0.05, 0.1) is 11.9 Å². The van der Waals surface area contributed by atoms with Gasteiger partial charge in [-0.3, -0.25) is 9.36 Å². The molecule has 0 spiro atoms. The molecule has 2 aromatic heterocycles. The molecule has 0 amide bonds. The van der Waals surface area contributed by atoms with Crippen molar-refractivity contribution < 1.29 is 0 Å². The molecule has 0 unspecified atom stereocenters. The Kier molecular flexibility index (Phi) is 4.95. The van der Waals surface area contributed by atoms with Crippen molar-refractivity contribution in [1.82, 2.24) is 24.9 Å². The molecule has 0 bridgehead atoms. The van der Waals surface area contributed by atoms with Crippen molar-refractivity contribution in [2.45, 2.75) is 59.8 Å². The summed E-state index contributed by atoms with van der Waals surface area (Å²) in [6.45, 7) is 11.2. The molecule has 2 rings (SSSR count). The van der Waals surface area contributed by atoms with Crippen LogP contribution in [0.15, 0.2) is 18.6 Å². The van der Waals surface area contributed by atoms with Gasteiger partial charge in [-0.25, -0.2) is 0 Å². The van der Waals surface area contributed by atoms with Gasteiger partial charge in [0.15, 0.2) is 0 Å². The molecule has 0 aliphatic rings. The number of rotatable bonds is 7. The predicted octanol–water partition coefficient (Wildman–Crippen LogP) is 2.67. The number of nitrogens with one attached hydrogen (secondary N) is 1. The summed E-state index contributed by atoms with van der Waals surface area (Å²) in [6.07, 6.45) is 7.29. The summed E-state index contributed by atoms with van der Waals surface area (Å²) in [4.78, 5) is 0. The quantitative estimate of drug-likeness (QED) is 0.845. The van der Waals surface area contributed by atoms with E-state index in [1.54, 1.807) is 0 Å². The van der Waals surface area contributed by atoms with Gasteiger partial charge in [0.1, 0.15) is 0 Å². The molecule has 0 aliphatic heterocycles. The lowest BCUT2D eigenvalue weighted by atomic mass is 10.2. The Balaban J connectivity index is 1.85. The van der Waals surface area contributed by atoms with Gasteiger partial charge in [-0.15, -0.1) is 0 Å². The average molecular weight is 275 g/mol. The van der Waals surface area contributed by atoms with Gasteiger partial charge >= 0.3 is 0 Å². The van der Waals surface area contributed by atoms with Crippen molar-refractivity contribution in [3.05, 3.63) is 35.4 Å². The monoisotopic (exact) mass is 275 g/mol. The summed E-state index contributed by atoms with van der Waals surface area (Å²) >= 11 is 0. The van der Waals surface area contributed by atoms with Gasteiger partial charge < -0.3 is 5.32 Å². The predicted molar refractivity (Wildman–Crippen MR) is 80.4 cm³/mol. The summed E-state index contributed by atoms with van der Waals surface area (Å²) in [7, 11) is 0. The third-order valence-corrected chi connectivity index (χ3v) is 3.33. The van der Waals surface area contributed by atoms with Gasteiger partial charge in [-0.05, 0) is 27.2 Å². The van der Waals surface area contributed by atoms with Crippen molar-refractivity contribution in [3.63, 3.8) is 0 Å². The summed E-state index contributed by atoms with van der Waals surface area (Å²) < 4.78 is 4.02. The Hall–Kier alpha value is -1.62. The fourth-order valence-electron chi connectivity index (χ4n) is 2.17. The summed E-state index contributed by atoms with van der Waals surface area (Å²) in [5.41, 5.74) is 3.61. The number of aryl methyl sites for hydroxylation is 2. The van der Waals surface area contributed by atoms with E-state index in [9.17, 15) is 0 Å². The van der Waals surface area contributed by atoms with E-state index >= 15 is 0 Å². The van der Waals surface area contributed by atoms with Crippen molar-refractivity contribution >= 4 is 0 Å². The standard InChI is InChI=1S/C15H25N5/c1-5-6-19-11-15(13(4)18-19)9-16-7-14-8-17-20(10-14)12(2)3/h8,10-12,16H,5-7,9H2,1-4H3. The largest absolute Gasteiger partial charge is 0.308 e. The number of hydrogen-bond acceptors (Lipinski definition) is 3. The lowest BCUT2D eigenvalue weighted by Crippen LogP contribution is -2.12. The van der Waals surface area contributed by atoms with Crippen molar-refractivity contribution in [2.24, 2.45) is 0 Å². The molecular formula is C15H25N5. The van der Waals surface area contributed by atoms with Gasteiger partial charge in [-0.1, -0.05) is 6.92 Å². The van der Waals surface area contributed by atoms with Crippen LogP contribution in [0.25, 0.3) is 0 Å². The van der Waals surface area contributed by atoms with Crippen LogP contribution in [0.5, 0.6) is 0 Å². The molecule has 0 radical (unpaired) electrons. The van der Waals surface area contributed by atoms with Gasteiger partial charge in [0.25, 0.3) is 0 Å². The molecular weight excluding hydrogens is 250 g/mol. The van der Waals surface area contributed by atoms with E-state index in [0.717, 1.165) is 31.7 Å². The topological polar surface area (TPSA) is 47.7 Å². The van der Waals surface area contributed by atoms with Crippen LogP contribution in [0.4, 0.5) is 0 Å². The Bertz CT molecular complexity index is 538. The third kappa shape index (κ3) is 3.70. The number of aromatic nitrogens is 4. The fourth-order valence-corrected chi connectivity index (χ4v) is 2.17. The minimum atomic E-state index is 0.415. The Labute approximate surface area is 121 Å². The Morgan fingerprint density at radius 1 is 1.25 bits per heavy atom. The molecule has 0 aliphatic carbocycles. The molecule has 0 saturated heterocycles. The highest BCUT2D eigenvalue weighted by Gasteiger charge is 2.05. The van der Waals surface area contributed by atoms with E-state index in [4.69, 9.17) is 0 Å². The van der Waals surface area contributed by atoms with E-state index in [2.05, 4.69) is 55.6 Å². The minimum absolute atomic E-state index is 0.415. The third-order valence-electron chi connectivity index (χ3n) is 3.33. The SMILES string of the molecule is CCCn1cc(CNCc2cnn(C(C)C)c2)c(C)n1. The Morgan fingerprint density at radius 3 is 2.70 bits per heavy atom. The first-order valence-corrected chi connectivity index (χ1v) is 7.36. The smallest absolute Gasteiger partial charge is 0.0638 e. The summed E-state index contributed by atoms with van der Waals surface area (Å²) in [5, 5.41) is 12.3. The molecule has 5 nitrogen and oxygen atoms in total. The van der Waals surface area contributed by atoms with Gasteiger partial charge in [-0.2, -0.15) is 10.2 Å². The molecule has 0 saturated carbocycles. The maximum absolute atomic E-state index is 4.51. The summed E-state index contributed by atoms with van der Waals surface area (Å²) in [6, 6.07) is 0.415. The van der Waals surface area contributed by atoms with Crippen LogP contribution in [-0.4, -0.2) is 19.6 Å². The summed E-state index contributed by atoms with van der Waals surface area (Å²) in [5.74, 6) is 0. The lowest BCUT2D eigenvalue weighted by Gasteiger charge is -2.04. The van der Waals surface area contributed by atoms with Crippen molar-refractivity contribution in [2.75, 3.05) is 0 Å². The van der Waals surface area contributed by atoms with E-state index in [0.29, 0.717) is 6.04 Å². The van der Waals surface area contributed by atoms with E-state index in [1.807, 2.05) is 15.6 Å². The van der Waals surface area contributed by atoms with Gasteiger partial charge in [0, 0.05) is 49.2 Å². The van der Waals surface area contributed by atoms with Crippen molar-refractivity contribution in [1.29, 1.82) is 0 Å². The fraction of sp³-hybridized carbons (Fsp3) is 0.600. The molecule has 2 aromatic rings. The van der Waals surface area contributed by atoms with E-state index < -0.39 is 0 Å². The van der Waals surface area contributed by atoms with Crippen LogP contribution in [0.2, 0.25) is 0 Å². The Morgan fingerprint density at radius 2 is 2.05 bits per heavy atom. The first-order valence-electron chi connectivity index (χ1n) is 7.36. The van der Waals surface area contributed by atoms with E-state index in [1.165, 1.54) is 11.1 Å². The van der Waals surface area contributed by atoms with Crippen LogP contribution in [0.3, 0.4) is 0 Å². The van der Waals surface area contributed by atoms with E-state index in [-0.39, 0.29) is 0 Å². The van der Waals surface area contributed by atoms with Crippen LogP contribution >= 0.6 is 0 Å². The first-order chi connectivity index (χ1) is 9.60. The molecule has 2 heterocycles. The van der Waals surface area contributed by atoms with Crippen molar-refractivity contribution in [3.8, 4) is 0 Å². The normalized spacial score (nSPS) is 11.4. The minimum Gasteiger partial charge on any atom is -0.308 e. The zero-order valence-electron chi connectivity index (χ0n) is 12.9. The molecule has 20 heavy (non-hydrogen) atoms. The van der Waals surface area contributed by atoms with Crippen LogP contribution in [0.1, 0.15) is 50.1 Å². The zero-order valence-corrected chi connectivity index (χ0v) is 12.9. The van der Waals surface area contributed by atoms with Crippen LogP contribution < -0.4 is 5.32 Å². The second kappa shape index (κ2) is 6.70. The maximum atomic E-state index is 4.51. The second-order valence-corrected chi connectivity index (χ2v) is 5.53. The lowest BCUT2D eigenvalue weighted by molar-refractivity contribution is 0.531. The zero-order chi connectivity index (χ0) is 14.5. The maximum Gasteiger partial charge on any atom is 0.0638 e. The molecule has 0 fully saturated rings. The highest BCUT2D eigenvalue weighted by molar-refractivity contribution is 5.15. The van der Waals surface area contributed by atoms with Gasteiger partial charge in [0.2, 0.25) is 0 Å². The second-order valence-electron chi connectivity index (χ2n) is 5.53. The molecule has 0 aromatic carbocycles. The molecule has 5 heteroatoms. The first kappa shape index (κ1) is 14.8.